The molecule has 1 saturated heterocycles. The standard InChI is InChI=1S/C28H38N4O2/c1-22(24-12-6-3-7-13-24)29-28(34)25-14-8-9-15-26(25)30-27(33)21-32-18-16-31(17-19-32)20-23-10-4-2-5-11-23/h3,6-9,12-15,22-23H,2,4-5,10-11,16-21H2,1H3,(H,29,34)(H,30,33). The summed E-state index contributed by atoms with van der Waals surface area (Å²) in [5.74, 6) is 0.594. The van der Waals surface area contributed by atoms with Crippen molar-refractivity contribution >= 4 is 17.5 Å². The van der Waals surface area contributed by atoms with E-state index in [-0.39, 0.29) is 17.9 Å². The largest absolute Gasteiger partial charge is 0.345 e. The highest BCUT2D eigenvalue weighted by Crippen LogP contribution is 2.25. The van der Waals surface area contributed by atoms with E-state index in [1.807, 2.05) is 49.4 Å². The van der Waals surface area contributed by atoms with Gasteiger partial charge >= 0.3 is 0 Å². The Labute approximate surface area is 203 Å². The van der Waals surface area contributed by atoms with Crippen LogP contribution in [0.5, 0.6) is 0 Å². The fraction of sp³-hybridized carbons (Fsp3) is 0.500. The number of carbonyl (C=O) groups is 2. The first kappa shape index (κ1) is 24.4. The number of hydrogen-bond donors (Lipinski definition) is 2. The molecular weight excluding hydrogens is 424 g/mol. The van der Waals surface area contributed by atoms with Crippen molar-refractivity contribution in [2.75, 3.05) is 44.6 Å². The molecule has 6 nitrogen and oxygen atoms in total. The van der Waals surface area contributed by atoms with Gasteiger partial charge in [-0.05, 0) is 43.4 Å². The Morgan fingerprint density at radius 2 is 1.53 bits per heavy atom. The summed E-state index contributed by atoms with van der Waals surface area (Å²) in [6, 6.07) is 17.0. The summed E-state index contributed by atoms with van der Waals surface area (Å²) in [5.41, 5.74) is 2.08. The van der Waals surface area contributed by atoms with Crippen LogP contribution in [0.4, 0.5) is 5.69 Å². The van der Waals surface area contributed by atoms with Gasteiger partial charge in [0, 0.05) is 32.7 Å². The van der Waals surface area contributed by atoms with Crippen LogP contribution in [0.15, 0.2) is 54.6 Å². The first-order valence-electron chi connectivity index (χ1n) is 12.8. The molecule has 1 aliphatic carbocycles. The highest BCUT2D eigenvalue weighted by atomic mass is 16.2. The molecule has 2 amide bonds. The maximum absolute atomic E-state index is 12.9. The zero-order valence-corrected chi connectivity index (χ0v) is 20.3. The average molecular weight is 463 g/mol. The minimum absolute atomic E-state index is 0.0721. The molecule has 1 atom stereocenters. The van der Waals surface area contributed by atoms with E-state index < -0.39 is 0 Å². The molecule has 1 heterocycles. The quantitative estimate of drug-likeness (QED) is 0.614. The predicted octanol–water partition coefficient (Wildman–Crippen LogP) is 4.31. The molecule has 2 N–H and O–H groups in total. The molecule has 2 aliphatic rings. The highest BCUT2D eigenvalue weighted by molar-refractivity contribution is 6.04. The van der Waals surface area contributed by atoms with Crippen LogP contribution in [0.3, 0.4) is 0 Å². The summed E-state index contributed by atoms with van der Waals surface area (Å²) in [5, 5.41) is 6.01. The maximum Gasteiger partial charge on any atom is 0.253 e. The number of amides is 2. The first-order chi connectivity index (χ1) is 16.6. The van der Waals surface area contributed by atoms with Gasteiger partial charge in [-0.2, -0.15) is 0 Å². The topological polar surface area (TPSA) is 64.7 Å². The van der Waals surface area contributed by atoms with Gasteiger partial charge in [-0.3, -0.25) is 14.5 Å². The van der Waals surface area contributed by atoms with Crippen LogP contribution in [-0.4, -0.2) is 60.9 Å². The van der Waals surface area contributed by atoms with Gasteiger partial charge in [0.1, 0.15) is 0 Å². The molecule has 0 aromatic heterocycles. The Morgan fingerprint density at radius 3 is 2.26 bits per heavy atom. The number of hydrogen-bond acceptors (Lipinski definition) is 4. The van der Waals surface area contributed by atoms with Gasteiger partial charge < -0.3 is 15.5 Å². The number of benzene rings is 2. The van der Waals surface area contributed by atoms with E-state index in [4.69, 9.17) is 0 Å². The first-order valence-corrected chi connectivity index (χ1v) is 12.8. The molecule has 4 rings (SSSR count). The van der Waals surface area contributed by atoms with Crippen LogP contribution in [0.25, 0.3) is 0 Å². The average Bonchev–Trinajstić information content (AvgIpc) is 2.86. The summed E-state index contributed by atoms with van der Waals surface area (Å²) in [6.45, 7) is 7.41. The molecule has 2 aromatic carbocycles. The minimum Gasteiger partial charge on any atom is -0.345 e. The van der Waals surface area contributed by atoms with E-state index in [1.165, 1.54) is 38.6 Å². The molecule has 2 aromatic rings. The van der Waals surface area contributed by atoms with Gasteiger partial charge in [-0.25, -0.2) is 0 Å². The summed E-state index contributed by atoms with van der Waals surface area (Å²) in [6.07, 6.45) is 6.92. The van der Waals surface area contributed by atoms with Crippen molar-refractivity contribution in [1.29, 1.82) is 0 Å². The summed E-state index contributed by atoms with van der Waals surface area (Å²) < 4.78 is 0. The monoisotopic (exact) mass is 462 g/mol. The maximum atomic E-state index is 12.9. The fourth-order valence-corrected chi connectivity index (χ4v) is 5.15. The van der Waals surface area contributed by atoms with Gasteiger partial charge in [-0.1, -0.05) is 61.7 Å². The van der Waals surface area contributed by atoms with Crippen molar-refractivity contribution in [3.05, 3.63) is 65.7 Å². The van der Waals surface area contributed by atoms with Gasteiger partial charge in [-0.15, -0.1) is 0 Å². The Balaban J connectivity index is 1.26. The van der Waals surface area contributed by atoms with Gasteiger partial charge in [0.25, 0.3) is 5.91 Å². The van der Waals surface area contributed by atoms with E-state index in [0.29, 0.717) is 17.8 Å². The van der Waals surface area contributed by atoms with Crippen LogP contribution >= 0.6 is 0 Å². The van der Waals surface area contributed by atoms with E-state index in [1.54, 1.807) is 12.1 Å². The van der Waals surface area contributed by atoms with Crippen LogP contribution in [0, 0.1) is 5.92 Å². The van der Waals surface area contributed by atoms with Crippen molar-refractivity contribution in [3.8, 4) is 0 Å². The van der Waals surface area contributed by atoms with Gasteiger partial charge in [0.05, 0.1) is 23.8 Å². The molecule has 1 unspecified atom stereocenters. The second-order valence-electron chi connectivity index (χ2n) is 9.78. The number of para-hydroxylation sites is 1. The molecule has 0 radical (unpaired) electrons. The second kappa shape index (κ2) is 12.1. The SMILES string of the molecule is CC(NC(=O)c1ccccc1NC(=O)CN1CCN(CC2CCCCC2)CC1)c1ccccc1. The van der Waals surface area contributed by atoms with Crippen LogP contribution < -0.4 is 10.6 Å². The second-order valence-corrected chi connectivity index (χ2v) is 9.78. The molecule has 2 fully saturated rings. The third kappa shape index (κ3) is 6.90. The zero-order valence-electron chi connectivity index (χ0n) is 20.3. The Kier molecular flexibility index (Phi) is 8.72. The van der Waals surface area contributed by atoms with Crippen molar-refractivity contribution < 1.29 is 9.59 Å². The fourth-order valence-electron chi connectivity index (χ4n) is 5.15. The lowest BCUT2D eigenvalue weighted by molar-refractivity contribution is -0.117. The number of anilines is 1. The molecular formula is C28H38N4O2. The zero-order chi connectivity index (χ0) is 23.8. The molecule has 0 spiro atoms. The molecule has 34 heavy (non-hydrogen) atoms. The Morgan fingerprint density at radius 1 is 0.882 bits per heavy atom. The number of carbonyl (C=O) groups excluding carboxylic acids is 2. The number of rotatable bonds is 8. The van der Waals surface area contributed by atoms with E-state index in [2.05, 4.69) is 20.4 Å². The summed E-state index contributed by atoms with van der Waals surface area (Å²) in [7, 11) is 0. The van der Waals surface area contributed by atoms with E-state index in [9.17, 15) is 9.59 Å². The lowest BCUT2D eigenvalue weighted by Gasteiger charge is -2.37. The van der Waals surface area contributed by atoms with Crippen LogP contribution in [-0.2, 0) is 4.79 Å². The van der Waals surface area contributed by atoms with E-state index >= 15 is 0 Å². The van der Waals surface area contributed by atoms with E-state index in [0.717, 1.165) is 37.7 Å². The number of nitrogens with one attached hydrogen (secondary N) is 2. The van der Waals surface area contributed by atoms with Crippen molar-refractivity contribution in [3.63, 3.8) is 0 Å². The molecule has 6 heteroatoms. The summed E-state index contributed by atoms with van der Waals surface area (Å²) in [4.78, 5) is 30.5. The number of piperazine rings is 1. The predicted molar refractivity (Wildman–Crippen MR) is 137 cm³/mol. The molecule has 1 aliphatic heterocycles. The lowest BCUT2D eigenvalue weighted by atomic mass is 9.89. The number of nitrogens with zero attached hydrogens (tertiary/aromatic N) is 2. The van der Waals surface area contributed by atoms with Crippen LogP contribution in [0.1, 0.15) is 61.0 Å². The van der Waals surface area contributed by atoms with Crippen molar-refractivity contribution in [1.82, 2.24) is 15.1 Å². The van der Waals surface area contributed by atoms with Crippen molar-refractivity contribution in [2.45, 2.75) is 45.1 Å². The lowest BCUT2D eigenvalue weighted by Crippen LogP contribution is -2.49. The van der Waals surface area contributed by atoms with Crippen molar-refractivity contribution in [2.24, 2.45) is 5.92 Å². The highest BCUT2D eigenvalue weighted by Gasteiger charge is 2.23. The third-order valence-corrected chi connectivity index (χ3v) is 7.17. The normalized spacial score (nSPS) is 18.9. The molecule has 182 valence electrons. The molecule has 0 bridgehead atoms. The minimum atomic E-state index is -0.191. The van der Waals surface area contributed by atoms with Crippen LogP contribution in [0.2, 0.25) is 0 Å². The van der Waals surface area contributed by atoms with Gasteiger partial charge in [0.15, 0.2) is 0 Å². The Hall–Kier alpha value is -2.70. The summed E-state index contributed by atoms with van der Waals surface area (Å²) >= 11 is 0. The molecule has 1 saturated carbocycles. The smallest absolute Gasteiger partial charge is 0.253 e. The van der Waals surface area contributed by atoms with Gasteiger partial charge in [0.2, 0.25) is 5.91 Å². The Bertz CT molecular complexity index is 934. The third-order valence-electron chi connectivity index (χ3n) is 7.17.